The molecule has 14 heavy (non-hydrogen) atoms. The first-order chi connectivity index (χ1) is 6.38. The van der Waals surface area contributed by atoms with Gasteiger partial charge in [-0.2, -0.15) is 0 Å². The SMILES string of the molecule is CC(=O)N[C@H]1C[C@H]2CCC1(C)C2(C)C. The highest BCUT2D eigenvalue weighted by molar-refractivity contribution is 5.73. The molecule has 0 aromatic heterocycles. The Morgan fingerprint density at radius 1 is 1.36 bits per heavy atom. The molecule has 2 saturated carbocycles. The zero-order chi connectivity index (χ0) is 10.6. The summed E-state index contributed by atoms with van der Waals surface area (Å²) in [5.74, 6) is 0.934. The fourth-order valence-electron chi connectivity index (χ4n) is 3.67. The van der Waals surface area contributed by atoms with Crippen molar-refractivity contribution in [2.75, 3.05) is 0 Å². The third-order valence-electron chi connectivity index (χ3n) is 5.17. The molecule has 1 N–H and O–H groups in total. The van der Waals surface area contributed by atoms with Crippen LogP contribution in [0.4, 0.5) is 0 Å². The minimum absolute atomic E-state index is 0.125. The first-order valence-electron chi connectivity index (χ1n) is 5.65. The monoisotopic (exact) mass is 195 g/mol. The summed E-state index contributed by atoms with van der Waals surface area (Å²) >= 11 is 0. The molecule has 2 aliphatic rings. The van der Waals surface area contributed by atoms with Crippen LogP contribution in [0.2, 0.25) is 0 Å². The molecule has 0 radical (unpaired) electrons. The Hall–Kier alpha value is -0.530. The fraction of sp³-hybridized carbons (Fsp3) is 0.917. The van der Waals surface area contributed by atoms with Gasteiger partial charge >= 0.3 is 0 Å². The zero-order valence-corrected chi connectivity index (χ0v) is 9.68. The molecule has 2 heteroatoms. The molecule has 0 aromatic rings. The molecule has 0 spiro atoms. The van der Waals surface area contributed by atoms with Crippen molar-refractivity contribution in [1.29, 1.82) is 0 Å². The summed E-state index contributed by atoms with van der Waals surface area (Å²) < 4.78 is 0. The number of rotatable bonds is 1. The van der Waals surface area contributed by atoms with E-state index < -0.39 is 0 Å². The molecule has 2 rings (SSSR count). The van der Waals surface area contributed by atoms with Crippen LogP contribution in [0.5, 0.6) is 0 Å². The molecule has 80 valence electrons. The van der Waals surface area contributed by atoms with E-state index in [2.05, 4.69) is 26.1 Å². The summed E-state index contributed by atoms with van der Waals surface area (Å²) in [7, 11) is 0. The van der Waals surface area contributed by atoms with E-state index in [-0.39, 0.29) is 5.91 Å². The quantitative estimate of drug-likeness (QED) is 0.683. The normalized spacial score (nSPS) is 44.0. The maximum absolute atomic E-state index is 11.1. The van der Waals surface area contributed by atoms with Crippen molar-refractivity contribution < 1.29 is 4.79 Å². The molecule has 3 atom stereocenters. The average molecular weight is 195 g/mol. The van der Waals surface area contributed by atoms with E-state index >= 15 is 0 Å². The van der Waals surface area contributed by atoms with E-state index in [1.807, 2.05) is 0 Å². The topological polar surface area (TPSA) is 29.1 Å². The highest BCUT2D eigenvalue weighted by Gasteiger charge is 2.61. The molecule has 1 unspecified atom stereocenters. The first-order valence-corrected chi connectivity index (χ1v) is 5.65. The molecule has 2 bridgehead atoms. The van der Waals surface area contributed by atoms with E-state index in [0.29, 0.717) is 16.9 Å². The summed E-state index contributed by atoms with van der Waals surface area (Å²) in [4.78, 5) is 11.1. The molecule has 2 nitrogen and oxygen atoms in total. The molecular weight excluding hydrogens is 174 g/mol. The lowest BCUT2D eigenvalue weighted by atomic mass is 9.69. The molecule has 0 aromatic carbocycles. The number of nitrogens with one attached hydrogen (secondary N) is 1. The summed E-state index contributed by atoms with van der Waals surface area (Å²) in [6, 6.07) is 0.411. The van der Waals surface area contributed by atoms with Crippen molar-refractivity contribution in [2.45, 2.75) is 53.0 Å². The Balaban J connectivity index is 2.23. The van der Waals surface area contributed by atoms with E-state index in [4.69, 9.17) is 0 Å². The average Bonchev–Trinajstić information content (AvgIpc) is 2.35. The second-order valence-electron chi connectivity index (χ2n) is 5.86. The minimum atomic E-state index is 0.125. The van der Waals surface area contributed by atoms with E-state index in [9.17, 15) is 4.79 Å². The van der Waals surface area contributed by atoms with Gasteiger partial charge in [-0.25, -0.2) is 0 Å². The van der Waals surface area contributed by atoms with Gasteiger partial charge in [0.05, 0.1) is 0 Å². The van der Waals surface area contributed by atoms with Gasteiger partial charge in [0.25, 0.3) is 0 Å². The van der Waals surface area contributed by atoms with E-state index in [1.54, 1.807) is 6.92 Å². The van der Waals surface area contributed by atoms with Crippen LogP contribution in [0.15, 0.2) is 0 Å². The molecule has 0 heterocycles. The summed E-state index contributed by atoms with van der Waals surface area (Å²) in [5, 5.41) is 3.13. The first kappa shape index (κ1) is 10.0. The van der Waals surface area contributed by atoms with Gasteiger partial charge in [0.2, 0.25) is 5.91 Å². The van der Waals surface area contributed by atoms with Gasteiger partial charge in [-0.3, -0.25) is 4.79 Å². The minimum Gasteiger partial charge on any atom is -0.353 e. The van der Waals surface area contributed by atoms with Crippen LogP contribution >= 0.6 is 0 Å². The molecular formula is C12H21NO. The van der Waals surface area contributed by atoms with Crippen molar-refractivity contribution in [1.82, 2.24) is 5.32 Å². The largest absolute Gasteiger partial charge is 0.353 e. The number of hydrogen-bond acceptors (Lipinski definition) is 1. The van der Waals surface area contributed by atoms with Crippen LogP contribution in [0, 0.1) is 16.7 Å². The number of carbonyl (C=O) groups is 1. The number of fused-ring (bicyclic) bond motifs is 2. The Kier molecular flexibility index (Phi) is 1.96. The number of amides is 1. The maximum atomic E-state index is 11.1. The van der Waals surface area contributed by atoms with Crippen LogP contribution in [0.25, 0.3) is 0 Å². The van der Waals surface area contributed by atoms with Crippen LogP contribution in [-0.2, 0) is 4.79 Å². The lowest BCUT2D eigenvalue weighted by Gasteiger charge is -2.39. The van der Waals surface area contributed by atoms with Gasteiger partial charge in [-0.05, 0) is 36.0 Å². The third kappa shape index (κ3) is 1.06. The fourth-order valence-corrected chi connectivity index (χ4v) is 3.67. The molecule has 0 aliphatic heterocycles. The summed E-state index contributed by atoms with van der Waals surface area (Å²) in [6.45, 7) is 8.71. The van der Waals surface area contributed by atoms with Crippen molar-refractivity contribution in [3.05, 3.63) is 0 Å². The van der Waals surface area contributed by atoms with Gasteiger partial charge in [-0.15, -0.1) is 0 Å². The van der Waals surface area contributed by atoms with Crippen LogP contribution in [-0.4, -0.2) is 11.9 Å². The molecule has 2 fully saturated rings. The van der Waals surface area contributed by atoms with Crippen LogP contribution < -0.4 is 5.32 Å². The molecule has 1 amide bonds. The van der Waals surface area contributed by atoms with Crippen molar-refractivity contribution in [3.8, 4) is 0 Å². The lowest BCUT2D eigenvalue weighted by molar-refractivity contribution is -0.120. The third-order valence-corrected chi connectivity index (χ3v) is 5.17. The molecule has 0 saturated heterocycles. The second kappa shape index (κ2) is 2.74. The van der Waals surface area contributed by atoms with Crippen LogP contribution in [0.3, 0.4) is 0 Å². The van der Waals surface area contributed by atoms with Crippen molar-refractivity contribution in [3.63, 3.8) is 0 Å². The van der Waals surface area contributed by atoms with Crippen molar-refractivity contribution >= 4 is 5.91 Å². The van der Waals surface area contributed by atoms with E-state index in [1.165, 1.54) is 19.3 Å². The lowest BCUT2D eigenvalue weighted by Crippen LogP contribution is -2.46. The number of hydrogen-bond donors (Lipinski definition) is 1. The Morgan fingerprint density at radius 3 is 2.36 bits per heavy atom. The number of carbonyl (C=O) groups excluding carboxylic acids is 1. The Bertz CT molecular complexity index is 271. The molecule has 2 aliphatic carbocycles. The predicted molar refractivity (Wildman–Crippen MR) is 56.8 cm³/mol. The van der Waals surface area contributed by atoms with Gasteiger partial charge in [0.1, 0.15) is 0 Å². The zero-order valence-electron chi connectivity index (χ0n) is 9.68. The second-order valence-corrected chi connectivity index (χ2v) is 5.86. The van der Waals surface area contributed by atoms with E-state index in [0.717, 1.165) is 5.92 Å². The van der Waals surface area contributed by atoms with Gasteiger partial charge in [-0.1, -0.05) is 20.8 Å². The van der Waals surface area contributed by atoms with Crippen molar-refractivity contribution in [2.24, 2.45) is 16.7 Å². The van der Waals surface area contributed by atoms with Crippen LogP contribution in [0.1, 0.15) is 47.0 Å². The van der Waals surface area contributed by atoms with Gasteiger partial charge in [0.15, 0.2) is 0 Å². The highest BCUT2D eigenvalue weighted by Crippen LogP contribution is 2.65. The predicted octanol–water partition coefficient (Wildman–Crippen LogP) is 2.34. The van der Waals surface area contributed by atoms with Gasteiger partial charge < -0.3 is 5.32 Å². The Labute approximate surface area is 86.5 Å². The maximum Gasteiger partial charge on any atom is 0.217 e. The highest BCUT2D eigenvalue weighted by atomic mass is 16.1. The standard InChI is InChI=1S/C12H21NO/c1-8(14)13-10-7-9-5-6-12(10,4)11(9,2)3/h9-10H,5-7H2,1-4H3,(H,13,14)/t9-,10+,12?/m1/s1. The summed E-state index contributed by atoms with van der Waals surface area (Å²) in [5.41, 5.74) is 0.726. The Morgan fingerprint density at radius 2 is 2.00 bits per heavy atom. The van der Waals surface area contributed by atoms with Gasteiger partial charge in [0, 0.05) is 13.0 Å². The smallest absolute Gasteiger partial charge is 0.217 e. The summed E-state index contributed by atoms with van der Waals surface area (Å²) in [6.07, 6.45) is 3.80.